The van der Waals surface area contributed by atoms with Crippen molar-refractivity contribution in [2.75, 3.05) is 12.4 Å². The number of furan rings is 1. The lowest BCUT2D eigenvalue weighted by molar-refractivity contribution is -0.128. The predicted molar refractivity (Wildman–Crippen MR) is 146 cm³/mol. The van der Waals surface area contributed by atoms with E-state index in [1.165, 1.54) is 11.8 Å². The van der Waals surface area contributed by atoms with Crippen LogP contribution in [-0.4, -0.2) is 42.2 Å². The van der Waals surface area contributed by atoms with Crippen LogP contribution in [0.15, 0.2) is 65.3 Å². The van der Waals surface area contributed by atoms with Gasteiger partial charge in [-0.2, -0.15) is 0 Å². The molecule has 3 unspecified atom stereocenters. The van der Waals surface area contributed by atoms with Crippen molar-refractivity contribution in [2.24, 2.45) is 11.8 Å². The van der Waals surface area contributed by atoms with Crippen LogP contribution in [0.3, 0.4) is 0 Å². The summed E-state index contributed by atoms with van der Waals surface area (Å²) in [5.41, 5.74) is 0.950. The molecule has 0 spiro atoms. The SMILES string of the molecule is CC(C)CC(NC(=O)OCC1CC=CCC1)C(=O)NC(Cc1ccccc1)C(=O)CSCc1ccco1. The molecule has 2 amide bonds. The second kappa shape index (κ2) is 15.3. The summed E-state index contributed by atoms with van der Waals surface area (Å²) in [5.74, 6) is 1.61. The van der Waals surface area contributed by atoms with Gasteiger partial charge in [0.05, 0.1) is 30.4 Å². The molecule has 0 fully saturated rings. The number of nitrogens with one attached hydrogen (secondary N) is 2. The zero-order valence-corrected chi connectivity index (χ0v) is 22.5. The van der Waals surface area contributed by atoms with Gasteiger partial charge in [-0.15, -0.1) is 11.8 Å². The zero-order chi connectivity index (χ0) is 26.5. The van der Waals surface area contributed by atoms with E-state index in [-0.39, 0.29) is 23.4 Å². The van der Waals surface area contributed by atoms with E-state index in [4.69, 9.17) is 9.15 Å². The molecule has 0 bridgehead atoms. The summed E-state index contributed by atoms with van der Waals surface area (Å²) in [7, 11) is 0. The predicted octanol–water partition coefficient (Wildman–Crippen LogP) is 5.31. The monoisotopic (exact) mass is 526 g/mol. The van der Waals surface area contributed by atoms with Crippen molar-refractivity contribution in [3.8, 4) is 0 Å². The van der Waals surface area contributed by atoms with E-state index in [1.807, 2.05) is 56.3 Å². The first-order valence-electron chi connectivity index (χ1n) is 13.0. The number of benzene rings is 1. The number of allylic oxidation sites excluding steroid dienone is 2. The molecule has 3 rings (SSSR count). The Bertz CT molecular complexity index is 1010. The number of amides is 2. The Labute approximate surface area is 223 Å². The second-order valence-corrected chi connectivity index (χ2v) is 10.9. The number of thioether (sulfide) groups is 1. The number of rotatable bonds is 14. The molecule has 0 saturated carbocycles. The quantitative estimate of drug-likeness (QED) is 0.324. The first-order valence-corrected chi connectivity index (χ1v) is 14.1. The molecule has 200 valence electrons. The standard InChI is InChI=1S/C29H38N2O5S/c1-21(2)16-26(31-29(34)36-18-23-12-7-4-8-13-23)28(33)30-25(17-22-10-5-3-6-11-22)27(32)20-37-19-24-14-9-15-35-24/h3-7,9-11,14-15,21,23,25-26H,8,12-13,16-20H2,1-2H3,(H,30,33)(H,31,34). The van der Waals surface area contributed by atoms with Crippen molar-refractivity contribution >= 4 is 29.5 Å². The molecule has 1 aliphatic rings. The molecule has 1 heterocycles. The highest BCUT2D eigenvalue weighted by molar-refractivity contribution is 7.99. The molecule has 1 aromatic heterocycles. The summed E-state index contributed by atoms with van der Waals surface area (Å²) in [6.45, 7) is 4.30. The van der Waals surface area contributed by atoms with E-state index < -0.39 is 18.2 Å². The molecule has 2 aromatic rings. The highest BCUT2D eigenvalue weighted by atomic mass is 32.2. The molecule has 3 atom stereocenters. The van der Waals surface area contributed by atoms with Gasteiger partial charge in [-0.3, -0.25) is 9.59 Å². The fraction of sp³-hybridized carbons (Fsp3) is 0.483. The van der Waals surface area contributed by atoms with Crippen molar-refractivity contribution in [2.45, 2.75) is 63.8 Å². The van der Waals surface area contributed by atoms with E-state index in [0.29, 0.717) is 31.1 Å². The third-order valence-corrected chi connectivity index (χ3v) is 7.18. The summed E-state index contributed by atoms with van der Waals surface area (Å²) in [6, 6.07) is 11.8. The number of hydrogen-bond donors (Lipinski definition) is 2. The number of hydrogen-bond acceptors (Lipinski definition) is 6. The van der Waals surface area contributed by atoms with Crippen LogP contribution in [0.25, 0.3) is 0 Å². The summed E-state index contributed by atoms with van der Waals surface area (Å²) in [4.78, 5) is 39.0. The fourth-order valence-electron chi connectivity index (χ4n) is 4.20. The van der Waals surface area contributed by atoms with Crippen molar-refractivity contribution in [3.05, 3.63) is 72.2 Å². The molecule has 0 aliphatic heterocycles. The average Bonchev–Trinajstić information content (AvgIpc) is 3.41. The normalized spacial score (nSPS) is 16.7. The van der Waals surface area contributed by atoms with E-state index >= 15 is 0 Å². The fourth-order valence-corrected chi connectivity index (χ4v) is 5.07. The van der Waals surface area contributed by atoms with Crippen molar-refractivity contribution in [1.82, 2.24) is 10.6 Å². The lowest BCUT2D eigenvalue weighted by Gasteiger charge is -2.24. The zero-order valence-electron chi connectivity index (χ0n) is 21.7. The lowest BCUT2D eigenvalue weighted by Crippen LogP contribution is -2.53. The van der Waals surface area contributed by atoms with Gasteiger partial charge in [0.1, 0.15) is 11.8 Å². The van der Waals surface area contributed by atoms with Crippen LogP contribution in [-0.2, 0) is 26.5 Å². The van der Waals surface area contributed by atoms with Gasteiger partial charge in [0, 0.05) is 0 Å². The van der Waals surface area contributed by atoms with Crippen LogP contribution in [0.1, 0.15) is 50.9 Å². The van der Waals surface area contributed by atoms with Crippen LogP contribution in [0.2, 0.25) is 0 Å². The minimum atomic E-state index is -0.791. The van der Waals surface area contributed by atoms with Crippen LogP contribution in [0, 0.1) is 11.8 Å². The summed E-state index contributed by atoms with van der Waals surface area (Å²) >= 11 is 1.45. The Kier molecular flexibility index (Phi) is 11.8. The van der Waals surface area contributed by atoms with Gasteiger partial charge in [-0.05, 0) is 61.6 Å². The van der Waals surface area contributed by atoms with Crippen molar-refractivity contribution in [3.63, 3.8) is 0 Å². The smallest absolute Gasteiger partial charge is 0.407 e. The van der Waals surface area contributed by atoms with E-state index in [0.717, 1.165) is 30.6 Å². The number of Topliss-reactive ketones (excluding diaryl/α,β-unsaturated/α-hetero) is 1. The largest absolute Gasteiger partial charge is 0.468 e. The van der Waals surface area contributed by atoms with Gasteiger partial charge in [-0.25, -0.2) is 4.79 Å². The topological polar surface area (TPSA) is 97.6 Å². The van der Waals surface area contributed by atoms with Crippen molar-refractivity contribution in [1.29, 1.82) is 0 Å². The Morgan fingerprint density at radius 2 is 1.86 bits per heavy atom. The van der Waals surface area contributed by atoms with E-state index in [1.54, 1.807) is 6.26 Å². The molecule has 8 heteroatoms. The Hall–Kier alpha value is -3.00. The highest BCUT2D eigenvalue weighted by Gasteiger charge is 2.28. The third-order valence-electron chi connectivity index (χ3n) is 6.20. The number of alkyl carbamates (subject to hydrolysis) is 1. The molecule has 2 N–H and O–H groups in total. The first kappa shape index (κ1) is 28.6. The maximum absolute atomic E-state index is 13.3. The molecule has 0 radical (unpaired) electrons. The maximum atomic E-state index is 13.3. The molecule has 37 heavy (non-hydrogen) atoms. The number of ketones is 1. The summed E-state index contributed by atoms with van der Waals surface area (Å²) in [6.07, 6.45) is 8.94. The van der Waals surface area contributed by atoms with Gasteiger partial charge in [0.2, 0.25) is 5.91 Å². The highest BCUT2D eigenvalue weighted by Crippen LogP contribution is 2.18. The van der Waals surface area contributed by atoms with Gasteiger partial charge in [0.15, 0.2) is 5.78 Å². The average molecular weight is 527 g/mol. The van der Waals surface area contributed by atoms with E-state index in [9.17, 15) is 14.4 Å². The van der Waals surface area contributed by atoms with E-state index in [2.05, 4.69) is 22.8 Å². The first-order chi connectivity index (χ1) is 17.9. The minimum Gasteiger partial charge on any atom is -0.468 e. The lowest BCUT2D eigenvalue weighted by atomic mass is 9.95. The second-order valence-electron chi connectivity index (χ2n) is 9.86. The van der Waals surface area contributed by atoms with Gasteiger partial charge in [-0.1, -0.05) is 56.3 Å². The maximum Gasteiger partial charge on any atom is 0.407 e. The van der Waals surface area contributed by atoms with Crippen LogP contribution >= 0.6 is 11.8 Å². The number of carbonyl (C=O) groups excluding carboxylic acids is 3. The molecular formula is C29H38N2O5S. The molecular weight excluding hydrogens is 488 g/mol. The summed E-state index contributed by atoms with van der Waals surface area (Å²) < 4.78 is 10.8. The van der Waals surface area contributed by atoms with Gasteiger partial charge < -0.3 is 19.8 Å². The molecule has 0 saturated heterocycles. The third kappa shape index (κ3) is 10.5. The number of carbonyl (C=O) groups is 3. The van der Waals surface area contributed by atoms with Crippen LogP contribution in [0.4, 0.5) is 4.79 Å². The molecule has 1 aromatic carbocycles. The van der Waals surface area contributed by atoms with Gasteiger partial charge >= 0.3 is 6.09 Å². The minimum absolute atomic E-state index is 0.0787. The van der Waals surface area contributed by atoms with Crippen molar-refractivity contribution < 1.29 is 23.5 Å². The number of ether oxygens (including phenoxy) is 1. The Morgan fingerprint density at radius 3 is 2.54 bits per heavy atom. The van der Waals surface area contributed by atoms with Gasteiger partial charge in [0.25, 0.3) is 0 Å². The Morgan fingerprint density at radius 1 is 1.05 bits per heavy atom. The summed E-state index contributed by atoms with van der Waals surface area (Å²) in [5, 5.41) is 5.66. The van der Waals surface area contributed by atoms with Crippen LogP contribution < -0.4 is 10.6 Å². The van der Waals surface area contributed by atoms with Crippen LogP contribution in [0.5, 0.6) is 0 Å². The molecule has 1 aliphatic carbocycles. The Balaban J connectivity index is 1.60. The molecule has 7 nitrogen and oxygen atoms in total.